The van der Waals surface area contributed by atoms with E-state index in [1.807, 2.05) is 30.5 Å². The number of hydrogen-bond donors (Lipinski definition) is 3. The van der Waals surface area contributed by atoms with Crippen LogP contribution in [0.25, 0.3) is 10.9 Å². The Morgan fingerprint density at radius 3 is 2.95 bits per heavy atom. The van der Waals surface area contributed by atoms with E-state index in [9.17, 15) is 4.79 Å². The monoisotopic (exact) mass is 287 g/mol. The summed E-state index contributed by atoms with van der Waals surface area (Å²) in [5, 5.41) is 4.16. The van der Waals surface area contributed by atoms with Crippen molar-refractivity contribution in [1.82, 2.24) is 10.3 Å². The maximum atomic E-state index is 12.2. The second-order valence-electron chi connectivity index (χ2n) is 5.57. The second kappa shape index (κ2) is 6.28. The number of nitrogens with two attached hydrogens (primary N) is 1. The Hall–Kier alpha value is -1.85. The molecule has 3 rings (SSSR count). The summed E-state index contributed by atoms with van der Waals surface area (Å²) in [5.41, 5.74) is 8.22. The summed E-state index contributed by atoms with van der Waals surface area (Å²) in [6.45, 7) is 1.42. The van der Waals surface area contributed by atoms with E-state index in [1.165, 1.54) is 0 Å². The number of nitrogens with one attached hydrogen (secondary N) is 2. The third kappa shape index (κ3) is 3.25. The molecular weight excluding hydrogens is 266 g/mol. The number of benzene rings is 1. The van der Waals surface area contributed by atoms with Crippen LogP contribution in [0.4, 0.5) is 0 Å². The van der Waals surface area contributed by atoms with Gasteiger partial charge in [0.25, 0.3) is 0 Å². The van der Waals surface area contributed by atoms with E-state index in [1.54, 1.807) is 0 Å². The third-order valence-electron chi connectivity index (χ3n) is 4.02. The fraction of sp³-hybridized carbons (Fsp3) is 0.438. The molecule has 112 valence electrons. The summed E-state index contributed by atoms with van der Waals surface area (Å²) in [5.74, 6) is -0.0767. The van der Waals surface area contributed by atoms with Gasteiger partial charge in [0.1, 0.15) is 0 Å². The van der Waals surface area contributed by atoms with E-state index in [0.717, 1.165) is 29.3 Å². The molecule has 0 unspecified atom stereocenters. The van der Waals surface area contributed by atoms with Crippen molar-refractivity contribution in [3.8, 4) is 0 Å². The third-order valence-corrected chi connectivity index (χ3v) is 4.02. The van der Waals surface area contributed by atoms with Gasteiger partial charge in [-0.1, -0.05) is 18.2 Å². The smallest absolute Gasteiger partial charge is 0.237 e. The number of hydrogen-bond acceptors (Lipinski definition) is 3. The van der Waals surface area contributed by atoms with Crippen LogP contribution in [0.15, 0.2) is 30.5 Å². The minimum absolute atomic E-state index is 0.0767. The Labute approximate surface area is 123 Å². The topological polar surface area (TPSA) is 80.1 Å². The average Bonchev–Trinajstić information content (AvgIpc) is 2.91. The predicted octanol–water partition coefficient (Wildman–Crippen LogP) is 1.33. The molecule has 1 amide bonds. The SMILES string of the molecule is N[C@H](Cc1c[nH]c2ccccc12)C(=O)NC1CCOCC1. The lowest BCUT2D eigenvalue weighted by molar-refractivity contribution is -0.123. The van der Waals surface area contributed by atoms with Gasteiger partial charge in [0.15, 0.2) is 0 Å². The van der Waals surface area contributed by atoms with E-state index in [0.29, 0.717) is 19.6 Å². The highest BCUT2D eigenvalue weighted by Gasteiger charge is 2.21. The quantitative estimate of drug-likeness (QED) is 0.793. The Bertz CT molecular complexity index is 617. The van der Waals surface area contributed by atoms with E-state index in [4.69, 9.17) is 10.5 Å². The van der Waals surface area contributed by atoms with Crippen LogP contribution >= 0.6 is 0 Å². The van der Waals surface area contributed by atoms with Crippen molar-refractivity contribution in [3.63, 3.8) is 0 Å². The number of rotatable bonds is 4. The number of H-pyrrole nitrogens is 1. The van der Waals surface area contributed by atoms with E-state index in [-0.39, 0.29) is 11.9 Å². The largest absolute Gasteiger partial charge is 0.381 e. The summed E-state index contributed by atoms with van der Waals surface area (Å²) >= 11 is 0. The first-order valence-electron chi connectivity index (χ1n) is 7.43. The van der Waals surface area contributed by atoms with Crippen LogP contribution < -0.4 is 11.1 Å². The van der Waals surface area contributed by atoms with Gasteiger partial charge in [-0.2, -0.15) is 0 Å². The molecule has 1 aromatic heterocycles. The lowest BCUT2D eigenvalue weighted by Gasteiger charge is -2.24. The van der Waals surface area contributed by atoms with Gasteiger partial charge in [0, 0.05) is 36.4 Å². The lowest BCUT2D eigenvalue weighted by atomic mass is 10.0. The summed E-state index contributed by atoms with van der Waals surface area (Å²) in [7, 11) is 0. The van der Waals surface area contributed by atoms with Crippen molar-refractivity contribution >= 4 is 16.8 Å². The molecule has 5 heteroatoms. The molecule has 2 heterocycles. The molecule has 1 fully saturated rings. The number of fused-ring (bicyclic) bond motifs is 1. The first-order valence-corrected chi connectivity index (χ1v) is 7.43. The number of aromatic nitrogens is 1. The van der Waals surface area contributed by atoms with Crippen LogP contribution in [0.3, 0.4) is 0 Å². The van der Waals surface area contributed by atoms with Gasteiger partial charge in [0.05, 0.1) is 6.04 Å². The number of carbonyl (C=O) groups excluding carboxylic acids is 1. The fourth-order valence-corrected chi connectivity index (χ4v) is 2.78. The van der Waals surface area contributed by atoms with E-state index in [2.05, 4.69) is 10.3 Å². The molecule has 5 nitrogen and oxygen atoms in total. The number of ether oxygens (including phenoxy) is 1. The molecule has 0 saturated carbocycles. The molecule has 21 heavy (non-hydrogen) atoms. The van der Waals surface area contributed by atoms with Crippen LogP contribution in [0.5, 0.6) is 0 Å². The molecule has 0 aliphatic carbocycles. The minimum Gasteiger partial charge on any atom is -0.381 e. The highest BCUT2D eigenvalue weighted by atomic mass is 16.5. The van der Waals surface area contributed by atoms with Crippen molar-refractivity contribution < 1.29 is 9.53 Å². The van der Waals surface area contributed by atoms with Gasteiger partial charge in [0.2, 0.25) is 5.91 Å². The number of carbonyl (C=O) groups is 1. The van der Waals surface area contributed by atoms with Crippen LogP contribution in [0, 0.1) is 0 Å². The van der Waals surface area contributed by atoms with Crippen LogP contribution in [0.2, 0.25) is 0 Å². The molecule has 1 saturated heterocycles. The van der Waals surface area contributed by atoms with E-state index >= 15 is 0 Å². The Kier molecular flexibility index (Phi) is 4.22. The van der Waals surface area contributed by atoms with Gasteiger partial charge in [-0.25, -0.2) is 0 Å². The van der Waals surface area contributed by atoms with Crippen molar-refractivity contribution in [2.45, 2.75) is 31.3 Å². The van der Waals surface area contributed by atoms with Crippen molar-refractivity contribution in [2.75, 3.05) is 13.2 Å². The molecule has 0 bridgehead atoms. The van der Waals surface area contributed by atoms with Crippen molar-refractivity contribution in [3.05, 3.63) is 36.0 Å². The zero-order valence-corrected chi connectivity index (χ0v) is 12.0. The van der Waals surface area contributed by atoms with Crippen LogP contribution in [-0.4, -0.2) is 36.2 Å². The molecule has 1 aromatic carbocycles. The van der Waals surface area contributed by atoms with Gasteiger partial charge in [-0.3, -0.25) is 4.79 Å². The average molecular weight is 287 g/mol. The highest BCUT2D eigenvalue weighted by Crippen LogP contribution is 2.18. The second-order valence-corrected chi connectivity index (χ2v) is 5.57. The summed E-state index contributed by atoms with van der Waals surface area (Å²) in [6.07, 6.45) is 4.21. The molecule has 1 aliphatic rings. The van der Waals surface area contributed by atoms with Gasteiger partial charge in [-0.05, 0) is 30.9 Å². The Morgan fingerprint density at radius 1 is 1.38 bits per heavy atom. The molecule has 1 aliphatic heterocycles. The summed E-state index contributed by atoms with van der Waals surface area (Å²) in [6, 6.07) is 7.72. The summed E-state index contributed by atoms with van der Waals surface area (Å²) in [4.78, 5) is 15.4. The number of para-hydroxylation sites is 1. The lowest BCUT2D eigenvalue weighted by Crippen LogP contribution is -2.48. The zero-order valence-electron chi connectivity index (χ0n) is 12.0. The zero-order chi connectivity index (χ0) is 14.7. The normalized spacial score (nSPS) is 17.8. The molecule has 4 N–H and O–H groups in total. The summed E-state index contributed by atoms with van der Waals surface area (Å²) < 4.78 is 5.29. The molecule has 0 radical (unpaired) electrons. The molecular formula is C16H21N3O2. The standard InChI is InChI=1S/C16H21N3O2/c17-14(16(20)19-12-5-7-21-8-6-12)9-11-10-18-15-4-2-1-3-13(11)15/h1-4,10,12,14,18H,5-9,17H2,(H,19,20)/t14-/m1/s1. The highest BCUT2D eigenvalue weighted by molar-refractivity contribution is 5.86. The van der Waals surface area contributed by atoms with Crippen LogP contribution in [0.1, 0.15) is 18.4 Å². The predicted molar refractivity (Wildman–Crippen MR) is 82.0 cm³/mol. The fourth-order valence-electron chi connectivity index (χ4n) is 2.78. The number of aromatic amines is 1. The molecule has 2 aromatic rings. The molecule has 0 spiro atoms. The number of amides is 1. The van der Waals surface area contributed by atoms with Crippen molar-refractivity contribution in [1.29, 1.82) is 0 Å². The Morgan fingerprint density at radius 2 is 2.14 bits per heavy atom. The maximum absolute atomic E-state index is 12.2. The molecule has 1 atom stereocenters. The van der Waals surface area contributed by atoms with Crippen LogP contribution in [-0.2, 0) is 16.0 Å². The Balaban J connectivity index is 1.62. The van der Waals surface area contributed by atoms with Gasteiger partial charge in [-0.15, -0.1) is 0 Å². The van der Waals surface area contributed by atoms with Gasteiger partial charge < -0.3 is 20.8 Å². The first kappa shape index (κ1) is 14.1. The minimum atomic E-state index is -0.521. The van der Waals surface area contributed by atoms with Crippen molar-refractivity contribution in [2.24, 2.45) is 5.73 Å². The van der Waals surface area contributed by atoms with Gasteiger partial charge >= 0.3 is 0 Å². The first-order chi connectivity index (χ1) is 10.2. The maximum Gasteiger partial charge on any atom is 0.237 e. The van der Waals surface area contributed by atoms with E-state index < -0.39 is 6.04 Å².